The number of nitrogens with two attached hydrogens (primary N) is 1. The first kappa shape index (κ1) is 14.8. The molecule has 1 aliphatic carbocycles. The van der Waals surface area contributed by atoms with Crippen LogP contribution in [0.15, 0.2) is 18.2 Å². The fraction of sp³-hybridized carbons (Fsp3) is 0.533. The van der Waals surface area contributed by atoms with Gasteiger partial charge in [0.2, 0.25) is 5.91 Å². The van der Waals surface area contributed by atoms with E-state index in [1.807, 2.05) is 13.8 Å². The van der Waals surface area contributed by atoms with Gasteiger partial charge in [-0.05, 0) is 38.8 Å². The normalized spacial score (nSPS) is 25.5. The average molecular weight is 280 g/mol. The van der Waals surface area contributed by atoms with Gasteiger partial charge in [0, 0.05) is 12.1 Å². The van der Waals surface area contributed by atoms with E-state index in [4.69, 9.17) is 10.5 Å². The van der Waals surface area contributed by atoms with Gasteiger partial charge in [-0.2, -0.15) is 0 Å². The summed E-state index contributed by atoms with van der Waals surface area (Å²) in [5.41, 5.74) is 5.95. The minimum absolute atomic E-state index is 0.130. The molecule has 1 fully saturated rings. The molecule has 0 radical (unpaired) electrons. The summed E-state index contributed by atoms with van der Waals surface area (Å²) in [6.45, 7) is 4.09. The average Bonchev–Trinajstić information content (AvgIpc) is 2.74. The van der Waals surface area contributed by atoms with Crippen LogP contribution in [0.5, 0.6) is 5.75 Å². The van der Waals surface area contributed by atoms with E-state index < -0.39 is 11.2 Å². The lowest BCUT2D eigenvalue weighted by Gasteiger charge is -2.27. The molecule has 0 saturated heterocycles. The molecule has 0 aliphatic heterocycles. The third-order valence-corrected chi connectivity index (χ3v) is 4.04. The number of benzene rings is 1. The van der Waals surface area contributed by atoms with Crippen LogP contribution in [0.3, 0.4) is 0 Å². The van der Waals surface area contributed by atoms with Gasteiger partial charge in [0.25, 0.3) is 0 Å². The predicted molar refractivity (Wildman–Crippen MR) is 76.1 cm³/mol. The van der Waals surface area contributed by atoms with Crippen LogP contribution < -0.4 is 15.8 Å². The Labute approximate surface area is 118 Å². The molecule has 5 heteroatoms. The molecule has 0 spiro atoms. The molecule has 1 saturated carbocycles. The van der Waals surface area contributed by atoms with Crippen LogP contribution in [0.2, 0.25) is 0 Å². The molecule has 1 aliphatic rings. The Kier molecular flexibility index (Phi) is 4.28. The van der Waals surface area contributed by atoms with E-state index in [1.54, 1.807) is 0 Å². The maximum absolute atomic E-state index is 13.2. The first-order valence-electron chi connectivity index (χ1n) is 6.96. The van der Waals surface area contributed by atoms with Crippen molar-refractivity contribution in [2.75, 3.05) is 11.9 Å². The highest BCUT2D eigenvalue weighted by molar-refractivity contribution is 5.97. The monoisotopic (exact) mass is 280 g/mol. The minimum atomic E-state index is -0.572. The molecule has 0 aromatic heterocycles. The number of rotatable bonds is 4. The van der Waals surface area contributed by atoms with Crippen LogP contribution >= 0.6 is 0 Å². The summed E-state index contributed by atoms with van der Waals surface area (Å²) < 4.78 is 18.6. The fourth-order valence-electron chi connectivity index (χ4n) is 2.61. The van der Waals surface area contributed by atoms with Crippen LogP contribution in [0.25, 0.3) is 0 Å². The van der Waals surface area contributed by atoms with Crippen molar-refractivity contribution in [2.24, 2.45) is 11.1 Å². The van der Waals surface area contributed by atoms with E-state index in [9.17, 15) is 9.18 Å². The summed E-state index contributed by atoms with van der Waals surface area (Å²) >= 11 is 0. The van der Waals surface area contributed by atoms with Crippen molar-refractivity contribution in [3.05, 3.63) is 24.0 Å². The Balaban J connectivity index is 2.19. The van der Waals surface area contributed by atoms with E-state index in [-0.39, 0.29) is 11.9 Å². The number of hydrogen-bond donors (Lipinski definition) is 2. The molecule has 3 N–H and O–H groups in total. The second-order valence-electron chi connectivity index (χ2n) is 5.44. The van der Waals surface area contributed by atoms with Crippen molar-refractivity contribution in [1.82, 2.24) is 0 Å². The zero-order chi connectivity index (χ0) is 14.8. The topological polar surface area (TPSA) is 64.3 Å². The molecule has 0 bridgehead atoms. The molecule has 4 nitrogen and oxygen atoms in total. The SMILES string of the molecule is CCOc1cc(F)ccc1NC(=O)C1(C)CCCC1N. The molecule has 0 heterocycles. The summed E-state index contributed by atoms with van der Waals surface area (Å²) in [6, 6.07) is 3.95. The highest BCUT2D eigenvalue weighted by atomic mass is 19.1. The second kappa shape index (κ2) is 5.79. The van der Waals surface area contributed by atoms with Crippen LogP contribution in [0, 0.1) is 11.2 Å². The number of hydrogen-bond acceptors (Lipinski definition) is 3. The zero-order valence-corrected chi connectivity index (χ0v) is 11.9. The third-order valence-electron chi connectivity index (χ3n) is 4.04. The summed E-state index contributed by atoms with van der Waals surface area (Å²) in [5, 5.41) is 2.82. The van der Waals surface area contributed by atoms with Gasteiger partial charge < -0.3 is 15.8 Å². The van der Waals surface area contributed by atoms with Crippen molar-refractivity contribution in [2.45, 2.75) is 39.2 Å². The summed E-state index contributed by atoms with van der Waals surface area (Å²) in [5.74, 6) is -0.179. The molecule has 20 heavy (non-hydrogen) atoms. The lowest BCUT2D eigenvalue weighted by Crippen LogP contribution is -2.44. The molecule has 2 rings (SSSR count). The lowest BCUT2D eigenvalue weighted by molar-refractivity contribution is -0.125. The molecular weight excluding hydrogens is 259 g/mol. The maximum atomic E-state index is 13.2. The highest BCUT2D eigenvalue weighted by Crippen LogP contribution is 2.38. The van der Waals surface area contributed by atoms with E-state index in [2.05, 4.69) is 5.32 Å². The van der Waals surface area contributed by atoms with Crippen LogP contribution in [-0.2, 0) is 4.79 Å². The van der Waals surface area contributed by atoms with E-state index in [1.165, 1.54) is 18.2 Å². The van der Waals surface area contributed by atoms with E-state index >= 15 is 0 Å². The van der Waals surface area contributed by atoms with Gasteiger partial charge in [0.15, 0.2) is 0 Å². The molecule has 110 valence electrons. The molecule has 1 aromatic carbocycles. The molecule has 1 aromatic rings. The van der Waals surface area contributed by atoms with Gasteiger partial charge in [0.1, 0.15) is 11.6 Å². The van der Waals surface area contributed by atoms with Gasteiger partial charge in [-0.1, -0.05) is 6.42 Å². The summed E-state index contributed by atoms with van der Waals surface area (Å²) in [6.07, 6.45) is 2.57. The first-order valence-corrected chi connectivity index (χ1v) is 6.96. The van der Waals surface area contributed by atoms with Gasteiger partial charge >= 0.3 is 0 Å². The van der Waals surface area contributed by atoms with E-state index in [0.717, 1.165) is 19.3 Å². The number of halogens is 1. The third kappa shape index (κ3) is 2.77. The van der Waals surface area contributed by atoms with Crippen molar-refractivity contribution >= 4 is 11.6 Å². The molecular formula is C15H21FN2O2. The Morgan fingerprint density at radius 3 is 2.95 bits per heavy atom. The minimum Gasteiger partial charge on any atom is -0.492 e. The molecule has 2 atom stereocenters. The van der Waals surface area contributed by atoms with Gasteiger partial charge in [-0.3, -0.25) is 4.79 Å². The largest absolute Gasteiger partial charge is 0.492 e. The number of ether oxygens (including phenoxy) is 1. The van der Waals surface area contributed by atoms with Crippen LogP contribution in [0.1, 0.15) is 33.1 Å². The Hall–Kier alpha value is -1.62. The summed E-state index contributed by atoms with van der Waals surface area (Å²) in [7, 11) is 0. The summed E-state index contributed by atoms with van der Waals surface area (Å²) in [4.78, 5) is 12.4. The second-order valence-corrected chi connectivity index (χ2v) is 5.44. The first-order chi connectivity index (χ1) is 9.47. The van der Waals surface area contributed by atoms with Crippen molar-refractivity contribution in [3.63, 3.8) is 0 Å². The zero-order valence-electron chi connectivity index (χ0n) is 11.9. The Morgan fingerprint density at radius 1 is 1.60 bits per heavy atom. The van der Waals surface area contributed by atoms with Crippen LogP contribution in [-0.4, -0.2) is 18.6 Å². The molecule has 1 amide bonds. The predicted octanol–water partition coefficient (Wildman–Crippen LogP) is 2.68. The van der Waals surface area contributed by atoms with Crippen molar-refractivity contribution < 1.29 is 13.9 Å². The number of anilines is 1. The Morgan fingerprint density at radius 2 is 2.35 bits per heavy atom. The number of carbonyl (C=O) groups is 1. The van der Waals surface area contributed by atoms with E-state index in [0.29, 0.717) is 18.0 Å². The van der Waals surface area contributed by atoms with Crippen molar-refractivity contribution in [3.8, 4) is 5.75 Å². The number of nitrogens with one attached hydrogen (secondary N) is 1. The lowest BCUT2D eigenvalue weighted by atomic mass is 9.84. The quantitative estimate of drug-likeness (QED) is 0.891. The van der Waals surface area contributed by atoms with Gasteiger partial charge in [-0.25, -0.2) is 4.39 Å². The van der Waals surface area contributed by atoms with Crippen LogP contribution in [0.4, 0.5) is 10.1 Å². The maximum Gasteiger partial charge on any atom is 0.231 e. The number of carbonyl (C=O) groups excluding carboxylic acids is 1. The smallest absolute Gasteiger partial charge is 0.231 e. The Bertz CT molecular complexity index is 507. The fourth-order valence-corrected chi connectivity index (χ4v) is 2.61. The van der Waals surface area contributed by atoms with Crippen molar-refractivity contribution in [1.29, 1.82) is 0 Å². The van der Waals surface area contributed by atoms with Gasteiger partial charge in [0.05, 0.1) is 17.7 Å². The van der Waals surface area contributed by atoms with Gasteiger partial charge in [-0.15, -0.1) is 0 Å². The standard InChI is InChI=1S/C15H21FN2O2/c1-3-20-12-9-10(16)6-7-11(12)18-14(19)15(2)8-4-5-13(15)17/h6-7,9,13H,3-5,8,17H2,1-2H3,(H,18,19). The molecule has 2 unspecified atom stereocenters. The highest BCUT2D eigenvalue weighted by Gasteiger charge is 2.43. The number of amides is 1.